The molecule has 3 aromatic carbocycles. The number of aliphatic carboxylic acids is 1. The number of ether oxygens (including phenoxy) is 1. The van der Waals surface area contributed by atoms with Gasteiger partial charge in [-0.05, 0) is 33.7 Å². The molecular formula is C29H29N3O7. The van der Waals surface area contributed by atoms with Crippen LogP contribution < -0.4 is 10.6 Å². The highest BCUT2D eigenvalue weighted by Crippen LogP contribution is 2.44. The lowest BCUT2D eigenvalue weighted by molar-refractivity contribution is -0.384. The van der Waals surface area contributed by atoms with Crippen molar-refractivity contribution in [2.75, 3.05) is 6.61 Å². The van der Waals surface area contributed by atoms with Crippen LogP contribution >= 0.6 is 0 Å². The summed E-state index contributed by atoms with van der Waals surface area (Å²) < 4.78 is 5.55. The summed E-state index contributed by atoms with van der Waals surface area (Å²) in [6, 6.07) is 18.9. The lowest BCUT2D eigenvalue weighted by Gasteiger charge is -2.24. The Bertz CT molecular complexity index is 1340. The minimum absolute atomic E-state index is 0.0736. The number of non-ortho nitro benzene ring substituents is 1. The molecule has 10 heteroatoms. The van der Waals surface area contributed by atoms with Gasteiger partial charge in [0.15, 0.2) is 0 Å². The lowest BCUT2D eigenvalue weighted by atomic mass is 9.98. The second-order valence-corrected chi connectivity index (χ2v) is 9.72. The zero-order valence-corrected chi connectivity index (χ0v) is 21.5. The molecule has 0 fully saturated rings. The minimum atomic E-state index is -1.30. The van der Waals surface area contributed by atoms with E-state index in [1.807, 2.05) is 48.5 Å². The molecule has 0 aromatic heterocycles. The number of benzene rings is 3. The molecule has 2 amide bonds. The van der Waals surface area contributed by atoms with Gasteiger partial charge in [0.2, 0.25) is 5.91 Å². The molecule has 0 radical (unpaired) electrons. The summed E-state index contributed by atoms with van der Waals surface area (Å²) in [6.45, 7) is 3.52. The van der Waals surface area contributed by atoms with E-state index < -0.39 is 35.0 Å². The first-order valence-corrected chi connectivity index (χ1v) is 12.5. The minimum Gasteiger partial charge on any atom is -0.480 e. The highest BCUT2D eigenvalue weighted by Gasteiger charge is 2.32. The number of carbonyl (C=O) groups excluding carboxylic acids is 2. The van der Waals surface area contributed by atoms with Crippen LogP contribution in [0, 0.1) is 16.0 Å². The van der Waals surface area contributed by atoms with E-state index in [4.69, 9.17) is 4.74 Å². The van der Waals surface area contributed by atoms with Gasteiger partial charge >= 0.3 is 12.1 Å². The van der Waals surface area contributed by atoms with Crippen LogP contribution in [0.5, 0.6) is 0 Å². The van der Waals surface area contributed by atoms with Crippen LogP contribution in [0.3, 0.4) is 0 Å². The molecule has 10 nitrogen and oxygen atoms in total. The zero-order chi connectivity index (χ0) is 28.1. The van der Waals surface area contributed by atoms with Crippen molar-refractivity contribution in [3.8, 4) is 11.1 Å². The number of carbonyl (C=O) groups is 3. The third kappa shape index (κ3) is 6.23. The summed E-state index contributed by atoms with van der Waals surface area (Å²) in [5.41, 5.74) is 4.67. The van der Waals surface area contributed by atoms with Crippen LogP contribution in [0.1, 0.15) is 36.5 Å². The van der Waals surface area contributed by atoms with Crippen molar-refractivity contribution in [1.29, 1.82) is 0 Å². The van der Waals surface area contributed by atoms with Gasteiger partial charge in [0.1, 0.15) is 18.7 Å². The van der Waals surface area contributed by atoms with Crippen molar-refractivity contribution in [3.05, 3.63) is 99.6 Å². The van der Waals surface area contributed by atoms with E-state index in [2.05, 4.69) is 10.6 Å². The third-order valence-electron chi connectivity index (χ3n) is 6.77. The van der Waals surface area contributed by atoms with Gasteiger partial charge in [0.05, 0.1) is 4.92 Å². The molecule has 1 aliphatic rings. The summed E-state index contributed by atoms with van der Waals surface area (Å²) in [5, 5.41) is 25.6. The molecule has 0 saturated heterocycles. The maximum Gasteiger partial charge on any atom is 0.407 e. The predicted molar refractivity (Wildman–Crippen MR) is 143 cm³/mol. The van der Waals surface area contributed by atoms with Gasteiger partial charge in [-0.2, -0.15) is 0 Å². The Morgan fingerprint density at radius 2 is 1.49 bits per heavy atom. The maximum absolute atomic E-state index is 13.0. The third-order valence-corrected chi connectivity index (χ3v) is 6.77. The largest absolute Gasteiger partial charge is 0.480 e. The van der Waals surface area contributed by atoms with E-state index in [0.717, 1.165) is 22.3 Å². The smallest absolute Gasteiger partial charge is 0.407 e. The fourth-order valence-corrected chi connectivity index (χ4v) is 4.75. The number of amides is 2. The van der Waals surface area contributed by atoms with Crippen LogP contribution in [-0.4, -0.2) is 46.7 Å². The standard InChI is InChI=1S/C29H29N3O7/c1-17(2)26(27(33)30-25(28(34)35)15-18-11-13-19(14-12-18)32(37)38)31-29(36)39-16-24-22-9-5-3-7-20(22)21-8-4-6-10-23(21)24/h3-14,17,24-26H,15-16H2,1-2H3,(H,30,33)(H,31,36)(H,34,35). The number of carboxylic acids is 1. The molecule has 2 atom stereocenters. The summed E-state index contributed by atoms with van der Waals surface area (Å²) in [6.07, 6.45) is -0.873. The lowest BCUT2D eigenvalue weighted by Crippen LogP contribution is -2.54. The average Bonchev–Trinajstić information content (AvgIpc) is 3.23. The molecule has 39 heavy (non-hydrogen) atoms. The SMILES string of the molecule is CC(C)C(NC(=O)OCC1c2ccccc2-c2ccccc21)C(=O)NC(Cc1ccc([N+](=O)[O-])cc1)C(=O)O. The first-order chi connectivity index (χ1) is 18.7. The summed E-state index contributed by atoms with van der Waals surface area (Å²) in [7, 11) is 0. The first kappa shape index (κ1) is 27.3. The summed E-state index contributed by atoms with van der Waals surface area (Å²) in [5.74, 6) is -2.45. The van der Waals surface area contributed by atoms with Crippen molar-refractivity contribution in [2.24, 2.45) is 5.92 Å². The molecule has 202 valence electrons. The Labute approximate surface area is 225 Å². The van der Waals surface area contributed by atoms with Crippen LogP contribution in [0.2, 0.25) is 0 Å². The molecular weight excluding hydrogens is 502 g/mol. The highest BCUT2D eigenvalue weighted by atomic mass is 16.6. The number of nitrogens with one attached hydrogen (secondary N) is 2. The van der Waals surface area contributed by atoms with Crippen LogP contribution in [-0.2, 0) is 20.7 Å². The Morgan fingerprint density at radius 1 is 0.923 bits per heavy atom. The molecule has 2 unspecified atom stereocenters. The Kier molecular flexibility index (Phi) is 8.24. The number of rotatable bonds is 10. The number of nitro benzene ring substituents is 1. The maximum atomic E-state index is 13.0. The molecule has 0 aliphatic heterocycles. The van der Waals surface area contributed by atoms with Gasteiger partial charge in [0, 0.05) is 24.5 Å². The van der Waals surface area contributed by atoms with E-state index in [0.29, 0.717) is 5.56 Å². The predicted octanol–water partition coefficient (Wildman–Crippen LogP) is 4.27. The fourth-order valence-electron chi connectivity index (χ4n) is 4.75. The van der Waals surface area contributed by atoms with E-state index in [1.54, 1.807) is 13.8 Å². The van der Waals surface area contributed by atoms with Crippen LogP contribution in [0.15, 0.2) is 72.8 Å². The Balaban J connectivity index is 1.39. The molecule has 0 bridgehead atoms. The highest BCUT2D eigenvalue weighted by molar-refractivity contribution is 5.89. The molecule has 1 aliphatic carbocycles. The van der Waals surface area contributed by atoms with Crippen molar-refractivity contribution in [3.63, 3.8) is 0 Å². The van der Waals surface area contributed by atoms with Crippen molar-refractivity contribution in [2.45, 2.75) is 38.3 Å². The van der Waals surface area contributed by atoms with E-state index >= 15 is 0 Å². The quantitative estimate of drug-likeness (QED) is 0.261. The number of carboxylic acid groups (broad SMARTS) is 1. The van der Waals surface area contributed by atoms with Crippen molar-refractivity contribution < 1.29 is 29.2 Å². The molecule has 4 rings (SSSR count). The monoisotopic (exact) mass is 531 g/mol. The van der Waals surface area contributed by atoms with Crippen LogP contribution in [0.25, 0.3) is 11.1 Å². The van der Waals surface area contributed by atoms with Crippen molar-refractivity contribution in [1.82, 2.24) is 10.6 Å². The normalized spacial score (nSPS) is 13.6. The van der Waals surface area contributed by atoms with Crippen LogP contribution in [0.4, 0.5) is 10.5 Å². The number of hydrogen-bond donors (Lipinski definition) is 3. The van der Waals surface area contributed by atoms with Gasteiger partial charge in [-0.15, -0.1) is 0 Å². The Hall–Kier alpha value is -4.73. The number of nitrogens with zero attached hydrogens (tertiary/aromatic N) is 1. The van der Waals surface area contributed by atoms with E-state index in [9.17, 15) is 29.6 Å². The number of fused-ring (bicyclic) bond motifs is 3. The Morgan fingerprint density at radius 3 is 2.00 bits per heavy atom. The van der Waals surface area contributed by atoms with Gasteiger partial charge < -0.3 is 20.5 Å². The van der Waals surface area contributed by atoms with E-state index in [-0.39, 0.29) is 30.6 Å². The van der Waals surface area contributed by atoms with Gasteiger partial charge in [-0.25, -0.2) is 9.59 Å². The fraction of sp³-hybridized carbons (Fsp3) is 0.276. The van der Waals surface area contributed by atoms with Crippen molar-refractivity contribution >= 4 is 23.7 Å². The van der Waals surface area contributed by atoms with Gasteiger partial charge in [0.25, 0.3) is 5.69 Å². The molecule has 0 saturated carbocycles. The number of nitro groups is 1. The summed E-state index contributed by atoms with van der Waals surface area (Å²) in [4.78, 5) is 47.9. The van der Waals surface area contributed by atoms with E-state index in [1.165, 1.54) is 24.3 Å². The molecule has 3 aromatic rings. The van der Waals surface area contributed by atoms with Gasteiger partial charge in [-0.3, -0.25) is 14.9 Å². The zero-order valence-electron chi connectivity index (χ0n) is 21.5. The first-order valence-electron chi connectivity index (χ1n) is 12.5. The molecule has 0 heterocycles. The second-order valence-electron chi connectivity index (χ2n) is 9.72. The second kappa shape index (κ2) is 11.8. The summed E-state index contributed by atoms with van der Waals surface area (Å²) >= 11 is 0. The van der Waals surface area contributed by atoms with Gasteiger partial charge in [-0.1, -0.05) is 74.5 Å². The topological polar surface area (TPSA) is 148 Å². The average molecular weight is 532 g/mol. The number of alkyl carbamates (subject to hydrolysis) is 1. The molecule has 3 N–H and O–H groups in total. The molecule has 0 spiro atoms. The number of hydrogen-bond acceptors (Lipinski definition) is 6.